The van der Waals surface area contributed by atoms with Crippen molar-refractivity contribution in [2.24, 2.45) is 5.92 Å². The van der Waals surface area contributed by atoms with Crippen molar-refractivity contribution in [3.8, 4) is 5.75 Å². The summed E-state index contributed by atoms with van der Waals surface area (Å²) in [6.45, 7) is 2.47. The molecule has 1 aromatic rings. The smallest absolute Gasteiger partial charge is 0.411 e. The second-order valence-corrected chi connectivity index (χ2v) is 8.38. The molecule has 4 rings (SSSR count). The van der Waals surface area contributed by atoms with Gasteiger partial charge < -0.3 is 14.4 Å². The summed E-state index contributed by atoms with van der Waals surface area (Å²) in [7, 11) is 1.73. The maximum absolute atomic E-state index is 12.6. The van der Waals surface area contributed by atoms with E-state index in [1.165, 1.54) is 36.8 Å². The van der Waals surface area contributed by atoms with Gasteiger partial charge in [0.25, 0.3) is 0 Å². The van der Waals surface area contributed by atoms with Crippen molar-refractivity contribution in [1.82, 2.24) is 4.90 Å². The van der Waals surface area contributed by atoms with E-state index in [1.54, 1.807) is 14.0 Å². The number of halogens is 1. The van der Waals surface area contributed by atoms with Crippen LogP contribution in [-0.2, 0) is 16.6 Å². The Hall–Kier alpha value is -1.42. The molecule has 1 aromatic carbocycles. The van der Waals surface area contributed by atoms with Gasteiger partial charge in [0.2, 0.25) is 0 Å². The van der Waals surface area contributed by atoms with Crippen LogP contribution in [-0.4, -0.2) is 36.3 Å². The Morgan fingerprint density at radius 1 is 1.40 bits per heavy atom. The molecule has 2 fully saturated rings. The van der Waals surface area contributed by atoms with Crippen molar-refractivity contribution in [3.63, 3.8) is 0 Å². The summed E-state index contributed by atoms with van der Waals surface area (Å²) in [5.74, 6) is 1.43. The SMILES string of the molecule is COc1ccc2c(c1)[C@]13CCCC[C@@H]1CN(C(=O)OC(C)Cl)[C@@H](C2)C3. The molecule has 2 bridgehead atoms. The zero-order valence-electron chi connectivity index (χ0n) is 15.0. The molecule has 0 aromatic heterocycles. The van der Waals surface area contributed by atoms with Crippen LogP contribution in [0, 0.1) is 5.92 Å². The standard InChI is InChI=1S/C20H26ClNO3/c1-13(21)25-19(23)22-12-15-5-3-4-8-20(15)11-16(22)9-14-6-7-17(24-2)10-18(14)20/h6-7,10,13,15-16H,3-5,8-9,11-12H2,1-2H3/t13?,15-,16+,20+/m1/s1. The molecule has 3 aliphatic rings. The lowest BCUT2D eigenvalue weighted by Gasteiger charge is -2.57. The molecule has 1 saturated heterocycles. The van der Waals surface area contributed by atoms with Gasteiger partial charge in [-0.1, -0.05) is 30.5 Å². The van der Waals surface area contributed by atoms with Crippen LogP contribution in [0.3, 0.4) is 0 Å². The number of fused-ring (bicyclic) bond motifs is 2. The van der Waals surface area contributed by atoms with Crippen LogP contribution < -0.4 is 4.74 Å². The number of likely N-dealkylation sites (tertiary alicyclic amines) is 1. The van der Waals surface area contributed by atoms with Crippen molar-refractivity contribution >= 4 is 17.7 Å². The highest BCUT2D eigenvalue weighted by Gasteiger charge is 2.53. The molecule has 136 valence electrons. The van der Waals surface area contributed by atoms with Crippen LogP contribution in [0.15, 0.2) is 18.2 Å². The second kappa shape index (κ2) is 6.39. The molecule has 4 atom stereocenters. The number of hydrogen-bond acceptors (Lipinski definition) is 3. The number of alkyl halides is 1. The van der Waals surface area contributed by atoms with E-state index in [-0.39, 0.29) is 17.6 Å². The van der Waals surface area contributed by atoms with Crippen LogP contribution in [0.1, 0.15) is 50.2 Å². The monoisotopic (exact) mass is 363 g/mol. The molecular weight excluding hydrogens is 338 g/mol. The van der Waals surface area contributed by atoms with Gasteiger partial charge in [0.05, 0.1) is 7.11 Å². The average molecular weight is 364 g/mol. The van der Waals surface area contributed by atoms with Crippen molar-refractivity contribution in [2.75, 3.05) is 13.7 Å². The number of nitrogens with zero attached hydrogens (tertiary/aromatic N) is 1. The Bertz CT molecular complexity index is 677. The minimum Gasteiger partial charge on any atom is -0.497 e. The first-order chi connectivity index (χ1) is 12.0. The van der Waals surface area contributed by atoms with Gasteiger partial charge >= 0.3 is 6.09 Å². The number of ether oxygens (including phenoxy) is 2. The molecule has 1 unspecified atom stereocenters. The fourth-order valence-electron chi connectivity index (χ4n) is 5.42. The highest BCUT2D eigenvalue weighted by molar-refractivity contribution is 6.19. The molecule has 1 heterocycles. The zero-order valence-corrected chi connectivity index (χ0v) is 15.7. The third-order valence-electron chi connectivity index (χ3n) is 6.47. The van der Waals surface area contributed by atoms with Crippen LogP contribution >= 0.6 is 11.6 Å². The fraction of sp³-hybridized carbons (Fsp3) is 0.650. The van der Waals surface area contributed by atoms with Crippen LogP contribution in [0.5, 0.6) is 5.75 Å². The highest BCUT2D eigenvalue weighted by Crippen LogP contribution is 2.55. The number of benzene rings is 1. The first-order valence-electron chi connectivity index (χ1n) is 9.32. The van der Waals surface area contributed by atoms with Crippen LogP contribution in [0.25, 0.3) is 0 Å². The quantitative estimate of drug-likeness (QED) is 0.727. The number of amides is 1. The second-order valence-electron chi connectivity index (χ2n) is 7.76. The van der Waals surface area contributed by atoms with Gasteiger partial charge in [-0.2, -0.15) is 0 Å². The van der Waals surface area contributed by atoms with Crippen LogP contribution in [0.4, 0.5) is 4.79 Å². The molecule has 0 radical (unpaired) electrons. The molecule has 25 heavy (non-hydrogen) atoms. The summed E-state index contributed by atoms with van der Waals surface area (Å²) in [6.07, 6.45) is 6.55. The van der Waals surface area contributed by atoms with Gasteiger partial charge in [-0.05, 0) is 61.8 Å². The van der Waals surface area contributed by atoms with E-state index in [2.05, 4.69) is 12.1 Å². The Balaban J connectivity index is 1.73. The molecule has 1 spiro atoms. The molecule has 2 aliphatic carbocycles. The molecule has 1 amide bonds. The topological polar surface area (TPSA) is 38.8 Å². The first kappa shape index (κ1) is 17.0. The van der Waals surface area contributed by atoms with Gasteiger partial charge in [0.15, 0.2) is 5.56 Å². The molecular formula is C20H26ClNO3. The van der Waals surface area contributed by atoms with Gasteiger partial charge in [0, 0.05) is 18.0 Å². The molecule has 0 N–H and O–H groups in total. The van der Waals surface area contributed by atoms with Crippen molar-refractivity contribution < 1.29 is 14.3 Å². The Morgan fingerprint density at radius 2 is 2.24 bits per heavy atom. The van der Waals surface area contributed by atoms with E-state index in [4.69, 9.17) is 21.1 Å². The number of hydrogen-bond donors (Lipinski definition) is 0. The molecule has 1 aliphatic heterocycles. The van der Waals surface area contributed by atoms with Crippen LogP contribution in [0.2, 0.25) is 0 Å². The Morgan fingerprint density at radius 3 is 3.00 bits per heavy atom. The lowest BCUT2D eigenvalue weighted by Crippen LogP contribution is -2.60. The highest BCUT2D eigenvalue weighted by atomic mass is 35.5. The summed E-state index contributed by atoms with van der Waals surface area (Å²) >= 11 is 5.89. The molecule has 5 heteroatoms. The van der Waals surface area contributed by atoms with E-state index >= 15 is 0 Å². The summed E-state index contributed by atoms with van der Waals surface area (Å²) in [4.78, 5) is 14.5. The van der Waals surface area contributed by atoms with Crippen molar-refractivity contribution in [3.05, 3.63) is 29.3 Å². The minimum absolute atomic E-state index is 0.189. The Kier molecular flexibility index (Phi) is 4.35. The molecule has 1 saturated carbocycles. The number of rotatable bonds is 2. The van der Waals surface area contributed by atoms with E-state index in [9.17, 15) is 4.79 Å². The lowest BCUT2D eigenvalue weighted by molar-refractivity contribution is -0.00231. The predicted molar refractivity (Wildman–Crippen MR) is 97.2 cm³/mol. The third-order valence-corrected chi connectivity index (χ3v) is 6.56. The van der Waals surface area contributed by atoms with E-state index < -0.39 is 5.56 Å². The predicted octanol–water partition coefficient (Wildman–Crippen LogP) is 4.48. The average Bonchev–Trinajstić information content (AvgIpc) is 2.60. The van der Waals surface area contributed by atoms with E-state index in [1.807, 2.05) is 11.0 Å². The fourth-order valence-corrected chi connectivity index (χ4v) is 5.49. The van der Waals surface area contributed by atoms with Gasteiger partial charge in [-0.25, -0.2) is 4.79 Å². The van der Waals surface area contributed by atoms with E-state index in [0.29, 0.717) is 5.92 Å². The zero-order chi connectivity index (χ0) is 17.6. The number of methoxy groups -OCH3 is 1. The van der Waals surface area contributed by atoms with Gasteiger partial charge in [0.1, 0.15) is 5.75 Å². The molecule has 4 nitrogen and oxygen atoms in total. The largest absolute Gasteiger partial charge is 0.497 e. The summed E-state index contributed by atoms with van der Waals surface area (Å²) in [5, 5.41) is 0. The number of piperidine rings is 1. The maximum Gasteiger partial charge on any atom is 0.411 e. The van der Waals surface area contributed by atoms with Gasteiger partial charge in [-0.15, -0.1) is 0 Å². The summed E-state index contributed by atoms with van der Waals surface area (Å²) < 4.78 is 10.8. The maximum atomic E-state index is 12.6. The first-order valence-corrected chi connectivity index (χ1v) is 9.76. The summed E-state index contributed by atoms with van der Waals surface area (Å²) in [5.41, 5.74) is 2.42. The summed E-state index contributed by atoms with van der Waals surface area (Å²) in [6, 6.07) is 6.68. The number of carbonyl (C=O) groups is 1. The minimum atomic E-state index is -0.592. The lowest BCUT2D eigenvalue weighted by atomic mass is 9.54. The Labute approximate surface area is 154 Å². The van der Waals surface area contributed by atoms with Crippen molar-refractivity contribution in [1.29, 1.82) is 0 Å². The van der Waals surface area contributed by atoms with E-state index in [0.717, 1.165) is 25.1 Å². The normalized spacial score (nSPS) is 31.6. The number of carbonyl (C=O) groups excluding carboxylic acids is 1. The van der Waals surface area contributed by atoms with Gasteiger partial charge in [-0.3, -0.25) is 0 Å². The third kappa shape index (κ3) is 2.79. The van der Waals surface area contributed by atoms with Crippen molar-refractivity contribution in [2.45, 2.75) is 62.5 Å².